The standard InChI is InChI=1S/C18H15F5N2O/c19-12-4-5-14(20)13(10-12)17(26)24-15-9-11(18(21,22)23)3-6-16(15)25-7-1-2-8-25/h3-6,9-10H,1-2,7-8H2,(H,24,26). The molecular formula is C18H15F5N2O. The van der Waals surface area contributed by atoms with Crippen LogP contribution in [0.15, 0.2) is 36.4 Å². The van der Waals surface area contributed by atoms with Crippen LogP contribution in [0.25, 0.3) is 0 Å². The average Bonchev–Trinajstić information content (AvgIpc) is 3.10. The number of nitrogens with zero attached hydrogens (tertiary/aromatic N) is 1. The van der Waals surface area contributed by atoms with Gasteiger partial charge in [0.1, 0.15) is 11.6 Å². The molecule has 1 fully saturated rings. The van der Waals surface area contributed by atoms with Gasteiger partial charge in [-0.1, -0.05) is 0 Å². The van der Waals surface area contributed by atoms with E-state index in [2.05, 4.69) is 5.32 Å². The second kappa shape index (κ2) is 6.93. The zero-order chi connectivity index (χ0) is 18.9. The van der Waals surface area contributed by atoms with E-state index in [-0.39, 0.29) is 5.69 Å². The number of amides is 1. The molecule has 0 unspecified atom stereocenters. The van der Waals surface area contributed by atoms with E-state index < -0.39 is 34.8 Å². The van der Waals surface area contributed by atoms with Crippen molar-refractivity contribution in [3.8, 4) is 0 Å². The lowest BCUT2D eigenvalue weighted by atomic mass is 10.1. The Morgan fingerprint density at radius 1 is 1.00 bits per heavy atom. The summed E-state index contributed by atoms with van der Waals surface area (Å²) >= 11 is 0. The van der Waals surface area contributed by atoms with Gasteiger partial charge in [0.05, 0.1) is 22.5 Å². The first-order chi connectivity index (χ1) is 12.3. The summed E-state index contributed by atoms with van der Waals surface area (Å²) in [6.07, 6.45) is -2.83. The van der Waals surface area contributed by atoms with Gasteiger partial charge in [0.2, 0.25) is 0 Å². The molecule has 0 spiro atoms. The number of rotatable bonds is 3. The van der Waals surface area contributed by atoms with Crippen molar-refractivity contribution >= 4 is 17.3 Å². The molecule has 0 bridgehead atoms. The number of anilines is 2. The average molecular weight is 370 g/mol. The molecular weight excluding hydrogens is 355 g/mol. The highest BCUT2D eigenvalue weighted by Crippen LogP contribution is 2.36. The summed E-state index contributed by atoms with van der Waals surface area (Å²) < 4.78 is 66.1. The maximum Gasteiger partial charge on any atom is 0.416 e. The second-order valence-corrected chi connectivity index (χ2v) is 6.00. The Morgan fingerprint density at radius 3 is 2.35 bits per heavy atom. The minimum atomic E-state index is -4.59. The third-order valence-electron chi connectivity index (χ3n) is 4.19. The van der Waals surface area contributed by atoms with Crippen LogP contribution in [0, 0.1) is 11.6 Å². The Kier molecular flexibility index (Phi) is 4.84. The summed E-state index contributed by atoms with van der Waals surface area (Å²) in [5.41, 5.74) is -1.18. The first-order valence-electron chi connectivity index (χ1n) is 7.98. The summed E-state index contributed by atoms with van der Waals surface area (Å²) in [5, 5.41) is 2.30. The van der Waals surface area contributed by atoms with E-state index in [1.807, 2.05) is 4.90 Å². The van der Waals surface area contributed by atoms with Crippen LogP contribution in [-0.2, 0) is 6.18 Å². The molecule has 0 atom stereocenters. The molecule has 3 nitrogen and oxygen atoms in total. The fourth-order valence-corrected chi connectivity index (χ4v) is 2.91. The van der Waals surface area contributed by atoms with Crippen LogP contribution >= 0.6 is 0 Å². The highest BCUT2D eigenvalue weighted by Gasteiger charge is 2.32. The van der Waals surface area contributed by atoms with E-state index in [0.717, 1.165) is 37.1 Å². The SMILES string of the molecule is O=C(Nc1cc(C(F)(F)F)ccc1N1CCCC1)c1cc(F)ccc1F. The van der Waals surface area contributed by atoms with Crippen molar-refractivity contribution in [1.29, 1.82) is 0 Å². The third kappa shape index (κ3) is 3.79. The molecule has 1 saturated heterocycles. The number of benzene rings is 2. The topological polar surface area (TPSA) is 32.3 Å². The van der Waals surface area contributed by atoms with E-state index in [9.17, 15) is 26.7 Å². The zero-order valence-corrected chi connectivity index (χ0v) is 13.5. The van der Waals surface area contributed by atoms with Crippen molar-refractivity contribution in [2.45, 2.75) is 19.0 Å². The molecule has 2 aromatic rings. The first-order valence-corrected chi connectivity index (χ1v) is 7.98. The van der Waals surface area contributed by atoms with Gasteiger partial charge in [-0.25, -0.2) is 8.78 Å². The molecule has 0 aliphatic carbocycles. The van der Waals surface area contributed by atoms with Gasteiger partial charge in [-0.2, -0.15) is 13.2 Å². The Hall–Kier alpha value is -2.64. The quantitative estimate of drug-likeness (QED) is 0.785. The van der Waals surface area contributed by atoms with Crippen molar-refractivity contribution in [1.82, 2.24) is 0 Å². The molecule has 8 heteroatoms. The van der Waals surface area contributed by atoms with Gasteiger partial charge in [-0.15, -0.1) is 0 Å². The highest BCUT2D eigenvalue weighted by molar-refractivity contribution is 6.06. The smallest absolute Gasteiger partial charge is 0.370 e. The van der Waals surface area contributed by atoms with Crippen molar-refractivity contribution in [2.75, 3.05) is 23.3 Å². The summed E-state index contributed by atoms with van der Waals surface area (Å²) in [4.78, 5) is 14.1. The molecule has 1 aliphatic rings. The molecule has 1 N–H and O–H groups in total. The number of hydrogen-bond donors (Lipinski definition) is 1. The largest absolute Gasteiger partial charge is 0.416 e. The minimum absolute atomic E-state index is 0.0876. The van der Waals surface area contributed by atoms with Gasteiger partial charge >= 0.3 is 6.18 Å². The predicted molar refractivity (Wildman–Crippen MR) is 87.2 cm³/mol. The van der Waals surface area contributed by atoms with Crippen molar-refractivity contribution in [2.24, 2.45) is 0 Å². The lowest BCUT2D eigenvalue weighted by molar-refractivity contribution is -0.137. The number of hydrogen-bond acceptors (Lipinski definition) is 2. The first kappa shape index (κ1) is 18.2. The maximum atomic E-state index is 13.8. The van der Waals surface area contributed by atoms with Gasteiger partial charge in [-0.3, -0.25) is 4.79 Å². The fraction of sp³-hybridized carbons (Fsp3) is 0.278. The van der Waals surface area contributed by atoms with E-state index in [1.165, 1.54) is 6.07 Å². The second-order valence-electron chi connectivity index (χ2n) is 6.00. The molecule has 0 aromatic heterocycles. The Balaban J connectivity index is 1.98. The molecule has 26 heavy (non-hydrogen) atoms. The van der Waals surface area contributed by atoms with Crippen LogP contribution in [0.2, 0.25) is 0 Å². The molecule has 2 aromatic carbocycles. The van der Waals surface area contributed by atoms with Gasteiger partial charge in [0, 0.05) is 13.1 Å². The lowest BCUT2D eigenvalue weighted by Gasteiger charge is -2.23. The summed E-state index contributed by atoms with van der Waals surface area (Å²) in [6.45, 7) is 1.28. The van der Waals surface area contributed by atoms with E-state index in [4.69, 9.17) is 0 Å². The Bertz CT molecular complexity index is 829. The van der Waals surface area contributed by atoms with Crippen molar-refractivity contribution < 1.29 is 26.7 Å². The maximum absolute atomic E-state index is 13.8. The van der Waals surface area contributed by atoms with Gasteiger partial charge in [-0.05, 0) is 49.2 Å². The summed E-state index contributed by atoms with van der Waals surface area (Å²) in [5.74, 6) is -2.79. The van der Waals surface area contributed by atoms with Crippen LogP contribution < -0.4 is 10.2 Å². The van der Waals surface area contributed by atoms with Crippen LogP contribution in [0.4, 0.5) is 33.3 Å². The molecule has 1 amide bonds. The van der Waals surface area contributed by atoms with E-state index in [0.29, 0.717) is 24.8 Å². The van der Waals surface area contributed by atoms with Crippen molar-refractivity contribution in [3.63, 3.8) is 0 Å². The Morgan fingerprint density at radius 2 is 1.69 bits per heavy atom. The fourth-order valence-electron chi connectivity index (χ4n) is 2.91. The number of nitrogens with one attached hydrogen (secondary N) is 1. The number of carbonyl (C=O) groups is 1. The van der Waals surface area contributed by atoms with Gasteiger partial charge in [0.15, 0.2) is 0 Å². The van der Waals surface area contributed by atoms with Gasteiger partial charge in [0.25, 0.3) is 5.91 Å². The van der Waals surface area contributed by atoms with Crippen LogP contribution in [-0.4, -0.2) is 19.0 Å². The van der Waals surface area contributed by atoms with Crippen LogP contribution in [0.5, 0.6) is 0 Å². The third-order valence-corrected chi connectivity index (χ3v) is 4.19. The molecule has 138 valence electrons. The van der Waals surface area contributed by atoms with Crippen LogP contribution in [0.1, 0.15) is 28.8 Å². The van der Waals surface area contributed by atoms with E-state index >= 15 is 0 Å². The highest BCUT2D eigenvalue weighted by atomic mass is 19.4. The monoisotopic (exact) mass is 370 g/mol. The van der Waals surface area contributed by atoms with Crippen LogP contribution in [0.3, 0.4) is 0 Å². The zero-order valence-electron chi connectivity index (χ0n) is 13.5. The number of halogens is 5. The summed E-state index contributed by atoms with van der Waals surface area (Å²) in [7, 11) is 0. The molecule has 0 radical (unpaired) electrons. The lowest BCUT2D eigenvalue weighted by Crippen LogP contribution is -2.22. The normalized spacial score (nSPS) is 14.6. The van der Waals surface area contributed by atoms with E-state index in [1.54, 1.807) is 0 Å². The number of alkyl halides is 3. The molecule has 0 saturated carbocycles. The molecule has 3 rings (SSSR count). The molecule has 1 heterocycles. The number of carbonyl (C=O) groups excluding carboxylic acids is 1. The predicted octanol–water partition coefficient (Wildman–Crippen LogP) is 4.84. The molecule has 1 aliphatic heterocycles. The van der Waals surface area contributed by atoms with Gasteiger partial charge < -0.3 is 10.2 Å². The minimum Gasteiger partial charge on any atom is -0.370 e. The Labute approximate surface area is 146 Å². The summed E-state index contributed by atoms with van der Waals surface area (Å²) in [6, 6.07) is 5.37. The van der Waals surface area contributed by atoms with Crippen molar-refractivity contribution in [3.05, 3.63) is 59.2 Å².